The molecule has 1 aromatic carbocycles. The molecule has 2 aromatic rings. The number of fused-ring (bicyclic) bond motifs is 1. The van der Waals surface area contributed by atoms with Crippen molar-refractivity contribution in [3.8, 4) is 5.75 Å². The van der Waals surface area contributed by atoms with Crippen LogP contribution in [0.15, 0.2) is 29.6 Å². The summed E-state index contributed by atoms with van der Waals surface area (Å²) in [7, 11) is 7.64. The number of thiophene rings is 1. The molecule has 3 rings (SSSR count). The number of methoxy groups -OCH3 is 1. The van der Waals surface area contributed by atoms with Gasteiger partial charge in [0.1, 0.15) is 13.6 Å². The zero-order valence-electron chi connectivity index (χ0n) is 22.2. The van der Waals surface area contributed by atoms with Gasteiger partial charge in [-0.3, -0.25) is 9.59 Å². The molecule has 2 amide bonds. The highest BCUT2D eigenvalue weighted by Gasteiger charge is 2.42. The van der Waals surface area contributed by atoms with Gasteiger partial charge in [-0.25, -0.2) is 4.79 Å². The van der Waals surface area contributed by atoms with Crippen molar-refractivity contribution < 1.29 is 28.6 Å². The maximum Gasteiger partial charge on any atom is 0.333 e. The van der Waals surface area contributed by atoms with Crippen molar-refractivity contribution in [2.45, 2.75) is 58.7 Å². The maximum absolute atomic E-state index is 13.6. The molecule has 0 saturated heterocycles. The zero-order chi connectivity index (χ0) is 27.2. The topological polar surface area (TPSA) is 85.4 Å². The van der Waals surface area contributed by atoms with Crippen LogP contribution in [0.3, 0.4) is 0 Å². The van der Waals surface area contributed by atoms with Crippen molar-refractivity contribution in [1.29, 1.82) is 0 Å². The van der Waals surface area contributed by atoms with Crippen LogP contribution in [0.5, 0.6) is 5.75 Å². The van der Waals surface area contributed by atoms with Crippen LogP contribution in [0, 0.1) is 0 Å². The van der Waals surface area contributed by atoms with Gasteiger partial charge in [0.25, 0.3) is 0 Å². The highest BCUT2D eigenvalue weighted by atomic mass is 32.1. The van der Waals surface area contributed by atoms with Crippen molar-refractivity contribution in [2.24, 2.45) is 0 Å². The fourth-order valence-electron chi connectivity index (χ4n) is 4.41. The third-order valence-corrected chi connectivity index (χ3v) is 7.07. The van der Waals surface area contributed by atoms with Gasteiger partial charge < -0.3 is 24.0 Å². The maximum atomic E-state index is 13.6. The molecule has 10 heteroatoms. The Kier molecular flexibility index (Phi) is 9.78. The summed E-state index contributed by atoms with van der Waals surface area (Å²) in [4.78, 5) is 44.2. The molecular formula is C27H35BN2O6S. The average Bonchev–Trinajstić information content (AvgIpc) is 3.37. The van der Waals surface area contributed by atoms with Gasteiger partial charge in [0.05, 0.1) is 20.3 Å². The Morgan fingerprint density at radius 1 is 1.24 bits per heavy atom. The molecule has 0 aliphatic carbocycles. The molecule has 0 saturated carbocycles. The van der Waals surface area contributed by atoms with Crippen molar-refractivity contribution in [2.75, 3.05) is 33.4 Å². The fourth-order valence-corrected chi connectivity index (χ4v) is 5.05. The molecule has 0 bridgehead atoms. The SMILES string of the molecule is [B]c1cc2c(cc1OC)CCN(C(=O)C(=O)N(CCCOCc1cccs1)C(C)(C)C)C2C(=O)OCC. The largest absolute Gasteiger partial charge is 0.497 e. The Morgan fingerprint density at radius 3 is 2.62 bits per heavy atom. The summed E-state index contributed by atoms with van der Waals surface area (Å²) in [6.45, 7) is 8.99. The molecule has 1 atom stereocenters. The summed E-state index contributed by atoms with van der Waals surface area (Å²) in [5.41, 5.74) is 1.12. The number of hydrogen-bond acceptors (Lipinski definition) is 7. The minimum atomic E-state index is -1.07. The summed E-state index contributed by atoms with van der Waals surface area (Å²) in [5.74, 6) is -1.51. The smallest absolute Gasteiger partial charge is 0.333 e. The van der Waals surface area contributed by atoms with Crippen LogP contribution in [0.25, 0.3) is 0 Å². The molecule has 1 unspecified atom stereocenters. The van der Waals surface area contributed by atoms with Gasteiger partial charge in [-0.1, -0.05) is 17.6 Å². The van der Waals surface area contributed by atoms with E-state index in [4.69, 9.17) is 22.1 Å². The second kappa shape index (κ2) is 12.6. The minimum absolute atomic E-state index is 0.145. The molecule has 0 fully saturated rings. The Morgan fingerprint density at radius 2 is 2.00 bits per heavy atom. The van der Waals surface area contributed by atoms with E-state index < -0.39 is 29.4 Å². The normalized spacial score (nSPS) is 15.2. The van der Waals surface area contributed by atoms with Gasteiger partial charge in [0.2, 0.25) is 0 Å². The number of hydrogen-bond donors (Lipinski definition) is 0. The van der Waals surface area contributed by atoms with Crippen molar-refractivity contribution in [1.82, 2.24) is 9.80 Å². The van der Waals surface area contributed by atoms with E-state index in [9.17, 15) is 14.4 Å². The van der Waals surface area contributed by atoms with Gasteiger partial charge in [0.15, 0.2) is 6.04 Å². The van der Waals surface area contributed by atoms with Crippen LogP contribution < -0.4 is 10.2 Å². The van der Waals surface area contributed by atoms with E-state index in [1.54, 1.807) is 35.3 Å². The molecule has 2 radical (unpaired) electrons. The van der Waals surface area contributed by atoms with Crippen molar-refractivity contribution >= 4 is 42.4 Å². The summed E-state index contributed by atoms with van der Waals surface area (Å²) in [5, 5.41) is 2.00. The molecule has 1 aliphatic rings. The summed E-state index contributed by atoms with van der Waals surface area (Å²) < 4.78 is 16.4. The molecule has 1 aliphatic heterocycles. The van der Waals surface area contributed by atoms with Crippen LogP contribution >= 0.6 is 11.3 Å². The van der Waals surface area contributed by atoms with Gasteiger partial charge in [-0.15, -0.1) is 11.3 Å². The lowest BCUT2D eigenvalue weighted by Gasteiger charge is -2.40. The molecule has 37 heavy (non-hydrogen) atoms. The monoisotopic (exact) mass is 526 g/mol. The highest BCUT2D eigenvalue weighted by Crippen LogP contribution is 2.33. The molecule has 0 spiro atoms. The summed E-state index contributed by atoms with van der Waals surface area (Å²) >= 11 is 1.63. The van der Waals surface area contributed by atoms with E-state index in [-0.39, 0.29) is 13.2 Å². The molecule has 0 N–H and O–H groups in total. The Hall–Kier alpha value is -2.85. The first-order chi connectivity index (χ1) is 17.6. The van der Waals surface area contributed by atoms with Crippen molar-refractivity contribution in [3.05, 3.63) is 45.6 Å². The fraction of sp³-hybridized carbons (Fsp3) is 0.519. The van der Waals surface area contributed by atoms with E-state index >= 15 is 0 Å². The number of benzene rings is 1. The van der Waals surface area contributed by atoms with Crippen LogP contribution in [0.2, 0.25) is 0 Å². The van der Waals surface area contributed by atoms with E-state index in [0.717, 1.165) is 10.4 Å². The number of nitrogens with zero attached hydrogens (tertiary/aromatic N) is 2. The standard InChI is InChI=1S/C27H35BN2O6S/c1-6-36-26(33)23-20-16-21(28)22(34-5)15-18(20)10-12-29(23)24(31)25(32)30(27(2,3)4)11-8-13-35-17-19-9-7-14-37-19/h7,9,14-16,23H,6,8,10-13,17H2,1-5H3. The predicted molar refractivity (Wildman–Crippen MR) is 143 cm³/mol. The number of amides is 2. The van der Waals surface area contributed by atoms with Crippen LogP contribution in [-0.4, -0.2) is 74.4 Å². The molecule has 2 heterocycles. The number of ether oxygens (including phenoxy) is 3. The first-order valence-electron chi connectivity index (χ1n) is 12.4. The van der Waals surface area contributed by atoms with Gasteiger partial charge in [0, 0.05) is 30.1 Å². The lowest BCUT2D eigenvalue weighted by atomic mass is 9.84. The molecular weight excluding hydrogens is 491 g/mol. The van der Waals surface area contributed by atoms with Crippen LogP contribution in [0.4, 0.5) is 0 Å². The first kappa shape index (κ1) is 28.7. The number of esters is 1. The Bertz CT molecular complexity index is 1100. The quantitative estimate of drug-likeness (QED) is 0.216. The second-order valence-electron chi connectivity index (χ2n) is 9.81. The minimum Gasteiger partial charge on any atom is -0.497 e. The summed E-state index contributed by atoms with van der Waals surface area (Å²) in [6, 6.07) is 6.32. The lowest BCUT2D eigenvalue weighted by Crippen LogP contribution is -2.55. The van der Waals surface area contributed by atoms with Gasteiger partial charge in [-0.05, 0) is 69.2 Å². The summed E-state index contributed by atoms with van der Waals surface area (Å²) in [6.07, 6.45) is 1.02. The van der Waals surface area contributed by atoms with E-state index in [1.165, 1.54) is 12.0 Å². The van der Waals surface area contributed by atoms with Crippen LogP contribution in [0.1, 0.15) is 56.2 Å². The Balaban J connectivity index is 1.78. The molecule has 8 nitrogen and oxygen atoms in total. The molecule has 198 valence electrons. The van der Waals surface area contributed by atoms with Crippen molar-refractivity contribution in [3.63, 3.8) is 0 Å². The van der Waals surface area contributed by atoms with E-state index in [1.807, 2.05) is 38.3 Å². The third-order valence-electron chi connectivity index (χ3n) is 6.22. The van der Waals surface area contributed by atoms with Gasteiger partial charge >= 0.3 is 17.8 Å². The third kappa shape index (κ3) is 6.93. The zero-order valence-corrected chi connectivity index (χ0v) is 23.1. The van der Waals surface area contributed by atoms with E-state index in [0.29, 0.717) is 49.4 Å². The van der Waals surface area contributed by atoms with E-state index in [2.05, 4.69) is 0 Å². The molecule has 1 aromatic heterocycles. The lowest BCUT2D eigenvalue weighted by molar-refractivity contribution is -0.162. The number of carbonyl (C=O) groups excluding carboxylic acids is 3. The predicted octanol–water partition coefficient (Wildman–Crippen LogP) is 2.77. The first-order valence-corrected chi connectivity index (χ1v) is 13.3. The second-order valence-corrected chi connectivity index (χ2v) is 10.8. The average molecular weight is 526 g/mol. The number of rotatable bonds is 9. The van der Waals surface area contributed by atoms with Crippen LogP contribution in [-0.2, 0) is 36.9 Å². The van der Waals surface area contributed by atoms with Gasteiger partial charge in [-0.2, -0.15) is 0 Å². The number of carbonyl (C=O) groups is 3. The Labute approximate surface area is 224 Å². The highest BCUT2D eigenvalue weighted by molar-refractivity contribution is 7.09.